The standard InChI is InChI=1S/C33H51BFN5O6/c1-21(2)17-29(34-45-28-20-24-19-27(32(24,3)4)33(28,5)46-34)38-30(42)23(10-8-16-37-31(36)39-40(43)44)18-26(41)11-7-6-9-22-12-14-25(35)15-13-22/h12-15,21,23-24,27-29H,6-11,16-20H2,1-5H3,(H,38,42)(H3,36,37,39)/t23-,24-,27-,28-,29+,33+/m1/s1. The number of Topliss-reactive ketones (excluding diaryl/α,β-unsaturated/α-hetero) is 1. The Morgan fingerprint density at radius 1 is 1.17 bits per heavy atom. The number of benzene rings is 1. The molecule has 2 bridgehead atoms. The first-order chi connectivity index (χ1) is 21.7. The van der Waals surface area contributed by atoms with Crippen LogP contribution in [-0.2, 0) is 25.3 Å². The molecule has 1 aliphatic heterocycles. The molecule has 254 valence electrons. The van der Waals surface area contributed by atoms with E-state index in [1.807, 2.05) is 5.43 Å². The lowest BCUT2D eigenvalue weighted by molar-refractivity contribution is -0.525. The lowest BCUT2D eigenvalue weighted by Gasteiger charge is -2.64. The molecule has 13 heteroatoms. The van der Waals surface area contributed by atoms with E-state index in [0.717, 1.165) is 31.2 Å². The maximum Gasteiger partial charge on any atom is 0.481 e. The van der Waals surface area contributed by atoms with Crippen LogP contribution in [0, 0.1) is 45.0 Å². The Morgan fingerprint density at radius 2 is 1.89 bits per heavy atom. The van der Waals surface area contributed by atoms with Crippen LogP contribution in [0.1, 0.15) is 98.0 Å². The Morgan fingerprint density at radius 3 is 2.54 bits per heavy atom. The molecule has 4 fully saturated rings. The molecule has 1 aromatic carbocycles. The summed E-state index contributed by atoms with van der Waals surface area (Å²) in [6.07, 6.45) is 6.11. The fourth-order valence-corrected chi connectivity index (χ4v) is 7.79. The Kier molecular flexibility index (Phi) is 11.9. The highest BCUT2D eigenvalue weighted by atomic mass is 19.1. The van der Waals surface area contributed by atoms with Crippen molar-refractivity contribution in [2.75, 3.05) is 6.54 Å². The first kappa shape index (κ1) is 35.8. The minimum atomic E-state index is -0.785. The number of hydrogen-bond acceptors (Lipinski definition) is 7. The molecular formula is C33H51BFN5O6. The number of aryl methyl sites for hydroxylation is 1. The van der Waals surface area contributed by atoms with Gasteiger partial charge < -0.3 is 20.4 Å². The zero-order chi connectivity index (χ0) is 33.6. The Labute approximate surface area is 272 Å². The van der Waals surface area contributed by atoms with E-state index >= 15 is 0 Å². The molecule has 5 rings (SSSR count). The number of amides is 1. The number of unbranched alkanes of at least 4 members (excludes halogenated alkanes) is 1. The van der Waals surface area contributed by atoms with Gasteiger partial charge >= 0.3 is 7.12 Å². The summed E-state index contributed by atoms with van der Waals surface area (Å²) in [5.74, 6) is -0.534. The summed E-state index contributed by atoms with van der Waals surface area (Å²) in [7, 11) is -0.572. The van der Waals surface area contributed by atoms with Crippen LogP contribution in [0.15, 0.2) is 29.3 Å². The molecule has 3 saturated carbocycles. The molecule has 1 saturated heterocycles. The van der Waals surface area contributed by atoms with Crippen molar-refractivity contribution in [3.8, 4) is 0 Å². The second-order valence-corrected chi connectivity index (χ2v) is 14.6. The van der Waals surface area contributed by atoms with Gasteiger partial charge in [-0.1, -0.05) is 45.3 Å². The molecule has 1 aromatic rings. The lowest BCUT2D eigenvalue weighted by atomic mass is 9.43. The van der Waals surface area contributed by atoms with Gasteiger partial charge in [-0.05, 0) is 99.2 Å². The monoisotopic (exact) mass is 643 g/mol. The highest BCUT2D eigenvalue weighted by Crippen LogP contribution is 2.65. The third-order valence-corrected chi connectivity index (χ3v) is 10.5. The largest absolute Gasteiger partial charge is 0.481 e. The minimum Gasteiger partial charge on any atom is -0.404 e. The van der Waals surface area contributed by atoms with Crippen LogP contribution in [-0.4, -0.2) is 54.0 Å². The van der Waals surface area contributed by atoms with Crippen LogP contribution in [0.2, 0.25) is 0 Å². The van der Waals surface area contributed by atoms with Crippen LogP contribution in [0.3, 0.4) is 0 Å². The van der Waals surface area contributed by atoms with Crippen LogP contribution < -0.4 is 16.5 Å². The van der Waals surface area contributed by atoms with Gasteiger partial charge in [-0.3, -0.25) is 9.59 Å². The number of nitrogens with zero attached hydrogens (tertiary/aromatic N) is 2. The normalized spacial score (nSPS) is 26.2. The molecule has 4 aliphatic rings. The number of halogens is 1. The van der Waals surface area contributed by atoms with Crippen LogP contribution in [0.5, 0.6) is 0 Å². The van der Waals surface area contributed by atoms with Gasteiger partial charge in [0.25, 0.3) is 5.96 Å². The number of rotatable bonds is 17. The topological polar surface area (TPSA) is 158 Å². The maximum atomic E-state index is 13.8. The SMILES string of the molecule is CC(C)C[C@H](NC(=O)[C@H](CCCN=C(N)N[N+](=O)[O-])CC(=O)CCCCc1ccc(F)cc1)B1O[C@@H]2C[C@H]3C[C@H](C3(C)C)[C@]2(C)O1. The van der Waals surface area contributed by atoms with E-state index in [0.29, 0.717) is 43.9 Å². The van der Waals surface area contributed by atoms with Gasteiger partial charge in [0.1, 0.15) is 11.6 Å². The maximum absolute atomic E-state index is 13.8. The average Bonchev–Trinajstić information content (AvgIpc) is 3.34. The van der Waals surface area contributed by atoms with E-state index in [4.69, 9.17) is 15.0 Å². The molecule has 6 atom stereocenters. The number of aliphatic imine (C=N–C) groups is 1. The van der Waals surface area contributed by atoms with Crippen molar-refractivity contribution in [3.05, 3.63) is 45.8 Å². The first-order valence-corrected chi connectivity index (χ1v) is 16.8. The zero-order valence-corrected chi connectivity index (χ0v) is 27.9. The zero-order valence-electron chi connectivity index (χ0n) is 27.9. The number of nitro groups is 1. The molecule has 0 radical (unpaired) electrons. The van der Waals surface area contributed by atoms with Crippen LogP contribution >= 0.6 is 0 Å². The summed E-state index contributed by atoms with van der Waals surface area (Å²) in [6, 6.07) is 6.36. The smallest absolute Gasteiger partial charge is 0.404 e. The summed E-state index contributed by atoms with van der Waals surface area (Å²) in [5, 5.41) is 13.0. The molecule has 0 aromatic heterocycles. The van der Waals surface area contributed by atoms with Crippen molar-refractivity contribution in [1.82, 2.24) is 10.7 Å². The van der Waals surface area contributed by atoms with Gasteiger partial charge in [0.15, 0.2) is 5.03 Å². The molecule has 1 heterocycles. The highest BCUT2D eigenvalue weighted by molar-refractivity contribution is 6.47. The van der Waals surface area contributed by atoms with Crippen LogP contribution in [0.4, 0.5) is 4.39 Å². The van der Waals surface area contributed by atoms with Crippen molar-refractivity contribution < 1.29 is 28.3 Å². The first-order valence-electron chi connectivity index (χ1n) is 16.8. The molecule has 11 nitrogen and oxygen atoms in total. The third kappa shape index (κ3) is 8.84. The fourth-order valence-electron chi connectivity index (χ4n) is 7.79. The number of guanidine groups is 1. The summed E-state index contributed by atoms with van der Waals surface area (Å²) < 4.78 is 26.4. The van der Waals surface area contributed by atoms with Gasteiger partial charge in [-0.2, -0.15) is 0 Å². The van der Waals surface area contributed by atoms with Gasteiger partial charge in [0.2, 0.25) is 5.91 Å². The third-order valence-electron chi connectivity index (χ3n) is 10.5. The second-order valence-electron chi connectivity index (χ2n) is 14.6. The van der Waals surface area contributed by atoms with Crippen molar-refractivity contribution in [3.63, 3.8) is 0 Å². The van der Waals surface area contributed by atoms with E-state index in [1.165, 1.54) is 12.1 Å². The Bertz CT molecular complexity index is 1260. The van der Waals surface area contributed by atoms with E-state index < -0.39 is 23.7 Å². The number of carbonyl (C=O) groups is 2. The van der Waals surface area contributed by atoms with Crippen molar-refractivity contribution in [2.24, 2.45) is 39.8 Å². The molecule has 0 spiro atoms. The minimum absolute atomic E-state index is 0.00778. The number of nitrogens with two attached hydrogens (primary N) is 1. The van der Waals surface area contributed by atoms with Crippen LogP contribution in [0.25, 0.3) is 0 Å². The molecule has 4 N–H and O–H groups in total. The number of ketones is 1. The van der Waals surface area contributed by atoms with Gasteiger partial charge in [0, 0.05) is 25.3 Å². The lowest BCUT2D eigenvalue weighted by Crippen LogP contribution is -2.65. The van der Waals surface area contributed by atoms with E-state index in [-0.39, 0.29) is 59.8 Å². The number of hydrazine groups is 1. The van der Waals surface area contributed by atoms with Gasteiger partial charge in [-0.15, -0.1) is 0 Å². The molecule has 3 aliphatic carbocycles. The number of nitrogens with one attached hydrogen (secondary N) is 2. The summed E-state index contributed by atoms with van der Waals surface area (Å²) in [5.41, 5.74) is 8.16. The van der Waals surface area contributed by atoms with Crippen molar-refractivity contribution >= 4 is 24.8 Å². The molecular weight excluding hydrogens is 592 g/mol. The quantitative estimate of drug-likeness (QED) is 0.0546. The average molecular weight is 644 g/mol. The summed E-state index contributed by atoms with van der Waals surface area (Å²) in [6.45, 7) is 11.1. The summed E-state index contributed by atoms with van der Waals surface area (Å²) >= 11 is 0. The second kappa shape index (κ2) is 15.2. The van der Waals surface area contributed by atoms with Crippen molar-refractivity contribution in [1.29, 1.82) is 0 Å². The Balaban J connectivity index is 1.38. The van der Waals surface area contributed by atoms with Crippen molar-refractivity contribution in [2.45, 2.75) is 116 Å². The number of carbonyl (C=O) groups excluding carboxylic acids is 2. The molecule has 1 amide bonds. The fraction of sp³-hybridized carbons (Fsp3) is 0.727. The molecule has 46 heavy (non-hydrogen) atoms. The number of hydrogen-bond donors (Lipinski definition) is 3. The van der Waals surface area contributed by atoms with E-state index in [1.54, 1.807) is 12.1 Å². The van der Waals surface area contributed by atoms with E-state index in [9.17, 15) is 24.1 Å². The summed E-state index contributed by atoms with van der Waals surface area (Å²) in [4.78, 5) is 41.5. The van der Waals surface area contributed by atoms with Gasteiger partial charge in [-0.25, -0.2) is 19.5 Å². The highest BCUT2D eigenvalue weighted by Gasteiger charge is 2.68. The predicted octanol–water partition coefficient (Wildman–Crippen LogP) is 4.79. The molecule has 0 unspecified atom stereocenters. The van der Waals surface area contributed by atoms with Gasteiger partial charge in [0.05, 0.1) is 17.6 Å². The Hall–Kier alpha value is -3.06. The predicted molar refractivity (Wildman–Crippen MR) is 174 cm³/mol. The van der Waals surface area contributed by atoms with E-state index in [2.05, 4.69) is 44.9 Å².